The predicted molar refractivity (Wildman–Crippen MR) is 112 cm³/mol. The molecular weight excluding hydrogens is 350 g/mol. The molecule has 1 amide bonds. The Kier molecular flexibility index (Phi) is 7.06. The number of methoxy groups -OCH3 is 1. The zero-order valence-electron chi connectivity index (χ0n) is 17.1. The molecule has 0 unspecified atom stereocenters. The summed E-state index contributed by atoms with van der Waals surface area (Å²) in [7, 11) is 1.65. The van der Waals surface area contributed by atoms with Gasteiger partial charge in [0.15, 0.2) is 0 Å². The first-order valence-corrected chi connectivity index (χ1v) is 9.98. The maximum absolute atomic E-state index is 12.6. The van der Waals surface area contributed by atoms with Crippen LogP contribution in [0, 0.1) is 6.92 Å². The van der Waals surface area contributed by atoms with E-state index in [0.29, 0.717) is 6.54 Å². The van der Waals surface area contributed by atoms with E-state index in [9.17, 15) is 4.79 Å². The fraction of sp³-hybridized carbons (Fsp3) is 0.435. The molecule has 0 aromatic heterocycles. The molecular formula is C23H31N3O2. The highest BCUT2D eigenvalue weighted by Crippen LogP contribution is 2.14. The average Bonchev–Trinajstić information content (AvgIpc) is 2.74. The molecule has 150 valence electrons. The number of nitrogens with zero attached hydrogens (tertiary/aromatic N) is 2. The van der Waals surface area contributed by atoms with E-state index in [0.717, 1.165) is 44.0 Å². The van der Waals surface area contributed by atoms with Crippen molar-refractivity contribution in [1.29, 1.82) is 0 Å². The quantitative estimate of drug-likeness (QED) is 0.801. The Morgan fingerprint density at radius 1 is 1.07 bits per heavy atom. The van der Waals surface area contributed by atoms with E-state index in [1.807, 2.05) is 31.2 Å². The van der Waals surface area contributed by atoms with Gasteiger partial charge in [0.1, 0.15) is 5.75 Å². The molecule has 1 aliphatic heterocycles. The number of hydrogen-bond donors (Lipinski definition) is 1. The minimum absolute atomic E-state index is 0.0863. The average molecular weight is 382 g/mol. The van der Waals surface area contributed by atoms with E-state index in [1.165, 1.54) is 11.1 Å². The first kappa shape index (κ1) is 20.4. The van der Waals surface area contributed by atoms with Crippen molar-refractivity contribution >= 4 is 5.91 Å². The van der Waals surface area contributed by atoms with Crippen molar-refractivity contribution in [1.82, 2.24) is 15.1 Å². The maximum atomic E-state index is 12.6. The molecule has 1 atom stereocenters. The number of hydrogen-bond acceptors (Lipinski definition) is 4. The van der Waals surface area contributed by atoms with Crippen LogP contribution in [-0.2, 0) is 17.9 Å². The molecule has 0 aliphatic carbocycles. The van der Waals surface area contributed by atoms with Crippen molar-refractivity contribution in [3.63, 3.8) is 0 Å². The maximum Gasteiger partial charge on any atom is 0.237 e. The smallest absolute Gasteiger partial charge is 0.237 e. The second-order valence-corrected chi connectivity index (χ2v) is 7.48. The molecule has 2 aromatic carbocycles. The lowest BCUT2D eigenvalue weighted by Gasteiger charge is -2.37. The molecule has 1 saturated heterocycles. The van der Waals surface area contributed by atoms with Crippen LogP contribution in [0.2, 0.25) is 0 Å². The standard InChI is InChI=1S/C23H31N3O2/c1-18-6-4-5-7-21(18)17-25-12-14-26(15-13-25)19(2)23(27)24-16-20-8-10-22(28-3)11-9-20/h4-11,19H,12-17H2,1-3H3,(H,24,27)/t19-/m0/s1. The van der Waals surface area contributed by atoms with Gasteiger partial charge in [-0.3, -0.25) is 14.6 Å². The highest BCUT2D eigenvalue weighted by atomic mass is 16.5. The Bertz CT molecular complexity index is 768. The summed E-state index contributed by atoms with van der Waals surface area (Å²) < 4.78 is 5.17. The van der Waals surface area contributed by atoms with Crippen molar-refractivity contribution in [2.45, 2.75) is 33.0 Å². The van der Waals surface area contributed by atoms with Crippen LogP contribution in [0.5, 0.6) is 5.75 Å². The van der Waals surface area contributed by atoms with E-state index in [2.05, 4.69) is 46.3 Å². The molecule has 0 saturated carbocycles. The Balaban J connectivity index is 1.44. The first-order valence-electron chi connectivity index (χ1n) is 9.98. The van der Waals surface area contributed by atoms with Crippen molar-refractivity contribution in [3.8, 4) is 5.75 Å². The minimum Gasteiger partial charge on any atom is -0.497 e. The van der Waals surface area contributed by atoms with Gasteiger partial charge in [0.05, 0.1) is 13.2 Å². The van der Waals surface area contributed by atoms with Crippen molar-refractivity contribution < 1.29 is 9.53 Å². The highest BCUT2D eigenvalue weighted by molar-refractivity contribution is 5.81. The van der Waals surface area contributed by atoms with Crippen LogP contribution in [0.15, 0.2) is 48.5 Å². The van der Waals surface area contributed by atoms with Gasteiger partial charge < -0.3 is 10.1 Å². The van der Waals surface area contributed by atoms with Crippen LogP contribution in [0.1, 0.15) is 23.6 Å². The van der Waals surface area contributed by atoms with Crippen LogP contribution < -0.4 is 10.1 Å². The Hall–Kier alpha value is -2.37. The van der Waals surface area contributed by atoms with Gasteiger partial charge in [-0.2, -0.15) is 0 Å². The molecule has 1 fully saturated rings. The number of carbonyl (C=O) groups is 1. The second kappa shape index (κ2) is 9.71. The normalized spacial score (nSPS) is 16.5. The van der Waals surface area contributed by atoms with Gasteiger partial charge in [-0.25, -0.2) is 0 Å². The molecule has 28 heavy (non-hydrogen) atoms. The third kappa shape index (κ3) is 5.33. The fourth-order valence-corrected chi connectivity index (χ4v) is 3.58. The summed E-state index contributed by atoms with van der Waals surface area (Å²) in [6.45, 7) is 9.51. The summed E-state index contributed by atoms with van der Waals surface area (Å²) in [6.07, 6.45) is 0. The largest absolute Gasteiger partial charge is 0.497 e. The van der Waals surface area contributed by atoms with E-state index in [-0.39, 0.29) is 11.9 Å². The van der Waals surface area contributed by atoms with Gasteiger partial charge in [0.2, 0.25) is 5.91 Å². The number of piperazine rings is 1. The van der Waals surface area contributed by atoms with Gasteiger partial charge in [0, 0.05) is 39.3 Å². The number of nitrogens with one attached hydrogen (secondary N) is 1. The lowest BCUT2D eigenvalue weighted by molar-refractivity contribution is -0.126. The van der Waals surface area contributed by atoms with Gasteiger partial charge in [-0.05, 0) is 42.7 Å². The first-order chi connectivity index (χ1) is 13.6. The molecule has 2 aromatic rings. The summed E-state index contributed by atoms with van der Waals surface area (Å²) in [5.41, 5.74) is 3.81. The van der Waals surface area contributed by atoms with Gasteiger partial charge in [-0.15, -0.1) is 0 Å². The SMILES string of the molecule is COc1ccc(CNC(=O)[C@H](C)N2CCN(Cc3ccccc3C)CC2)cc1. The van der Waals surface area contributed by atoms with E-state index in [1.54, 1.807) is 7.11 Å². The Morgan fingerprint density at radius 3 is 2.39 bits per heavy atom. The summed E-state index contributed by atoms with van der Waals surface area (Å²) >= 11 is 0. The lowest BCUT2D eigenvalue weighted by atomic mass is 10.1. The van der Waals surface area contributed by atoms with Gasteiger partial charge >= 0.3 is 0 Å². The topological polar surface area (TPSA) is 44.8 Å². The van der Waals surface area contributed by atoms with Crippen LogP contribution in [-0.4, -0.2) is 55.0 Å². The van der Waals surface area contributed by atoms with Gasteiger partial charge in [0.25, 0.3) is 0 Å². The molecule has 1 aliphatic rings. The van der Waals surface area contributed by atoms with E-state index < -0.39 is 0 Å². The van der Waals surface area contributed by atoms with Gasteiger partial charge in [-0.1, -0.05) is 36.4 Å². The molecule has 5 heteroatoms. The molecule has 0 spiro atoms. The second-order valence-electron chi connectivity index (χ2n) is 7.48. The highest BCUT2D eigenvalue weighted by Gasteiger charge is 2.25. The predicted octanol–water partition coefficient (Wildman–Crippen LogP) is 2.83. The molecule has 1 heterocycles. The third-order valence-corrected chi connectivity index (χ3v) is 5.62. The minimum atomic E-state index is -0.112. The fourth-order valence-electron chi connectivity index (χ4n) is 3.58. The monoisotopic (exact) mass is 381 g/mol. The Labute approximate surface area is 168 Å². The van der Waals surface area contributed by atoms with Crippen LogP contribution in [0.4, 0.5) is 0 Å². The van der Waals surface area contributed by atoms with Crippen LogP contribution in [0.3, 0.4) is 0 Å². The van der Waals surface area contributed by atoms with Crippen LogP contribution in [0.25, 0.3) is 0 Å². The van der Waals surface area contributed by atoms with Crippen molar-refractivity contribution in [3.05, 3.63) is 65.2 Å². The summed E-state index contributed by atoms with van der Waals surface area (Å²) in [5, 5.41) is 3.06. The van der Waals surface area contributed by atoms with E-state index >= 15 is 0 Å². The molecule has 1 N–H and O–H groups in total. The zero-order valence-corrected chi connectivity index (χ0v) is 17.1. The summed E-state index contributed by atoms with van der Waals surface area (Å²) in [4.78, 5) is 17.3. The number of aryl methyl sites for hydroxylation is 1. The summed E-state index contributed by atoms with van der Waals surface area (Å²) in [5.74, 6) is 0.912. The molecule has 5 nitrogen and oxygen atoms in total. The number of rotatable bonds is 7. The molecule has 0 bridgehead atoms. The van der Waals surface area contributed by atoms with E-state index in [4.69, 9.17) is 4.74 Å². The lowest BCUT2D eigenvalue weighted by Crippen LogP contribution is -2.53. The molecule has 0 radical (unpaired) electrons. The summed E-state index contributed by atoms with van der Waals surface area (Å²) in [6, 6.07) is 16.2. The number of ether oxygens (including phenoxy) is 1. The number of carbonyl (C=O) groups excluding carboxylic acids is 1. The zero-order chi connectivity index (χ0) is 19.9. The van der Waals surface area contributed by atoms with Crippen molar-refractivity contribution in [2.24, 2.45) is 0 Å². The number of benzene rings is 2. The van der Waals surface area contributed by atoms with Crippen molar-refractivity contribution in [2.75, 3.05) is 33.3 Å². The molecule has 3 rings (SSSR count). The Morgan fingerprint density at radius 2 is 1.75 bits per heavy atom. The third-order valence-electron chi connectivity index (χ3n) is 5.62. The number of amides is 1. The van der Waals surface area contributed by atoms with Crippen LogP contribution >= 0.6 is 0 Å².